The van der Waals surface area contributed by atoms with Crippen LogP contribution in [0.15, 0.2) is 29.0 Å². The van der Waals surface area contributed by atoms with Gasteiger partial charge in [0.25, 0.3) is 0 Å². The van der Waals surface area contributed by atoms with Crippen molar-refractivity contribution in [3.63, 3.8) is 0 Å². The van der Waals surface area contributed by atoms with Gasteiger partial charge in [0.15, 0.2) is 0 Å². The van der Waals surface area contributed by atoms with Gasteiger partial charge in [0.05, 0.1) is 6.34 Å². The average molecular weight is 138 g/mol. The first-order chi connectivity index (χ1) is 4.66. The SMILES string of the molecule is C=C(C)NC=N/C(C)=C/C. The molecule has 0 aliphatic rings. The quantitative estimate of drug-likeness (QED) is 0.468. The van der Waals surface area contributed by atoms with Crippen molar-refractivity contribution in [2.45, 2.75) is 20.8 Å². The number of rotatable bonds is 3. The van der Waals surface area contributed by atoms with Crippen molar-refractivity contribution in [2.24, 2.45) is 4.99 Å². The lowest BCUT2D eigenvalue weighted by atomic mass is 10.5. The molecule has 0 fully saturated rings. The van der Waals surface area contributed by atoms with Gasteiger partial charge in [-0.15, -0.1) is 0 Å². The molecule has 0 aromatic heterocycles. The molecule has 0 saturated carbocycles. The van der Waals surface area contributed by atoms with Crippen LogP contribution in [-0.2, 0) is 0 Å². The lowest BCUT2D eigenvalue weighted by molar-refractivity contribution is 1.14. The summed E-state index contributed by atoms with van der Waals surface area (Å²) in [6.45, 7) is 9.43. The molecule has 1 N–H and O–H groups in total. The molecule has 0 radical (unpaired) electrons. The summed E-state index contributed by atoms with van der Waals surface area (Å²) in [5.74, 6) is 0. The molecule has 0 unspecified atom stereocenters. The van der Waals surface area contributed by atoms with Crippen molar-refractivity contribution in [1.29, 1.82) is 0 Å². The number of nitrogens with one attached hydrogen (secondary N) is 1. The molecule has 2 heteroatoms. The van der Waals surface area contributed by atoms with E-state index in [4.69, 9.17) is 0 Å². The van der Waals surface area contributed by atoms with E-state index in [1.54, 1.807) is 6.34 Å². The van der Waals surface area contributed by atoms with E-state index in [9.17, 15) is 0 Å². The Hall–Kier alpha value is -1.05. The van der Waals surface area contributed by atoms with Crippen molar-refractivity contribution in [3.05, 3.63) is 24.0 Å². The fraction of sp³-hybridized carbons (Fsp3) is 0.375. The Kier molecular flexibility index (Phi) is 4.29. The van der Waals surface area contributed by atoms with Crippen molar-refractivity contribution in [2.75, 3.05) is 0 Å². The molecule has 56 valence electrons. The number of aliphatic imine (C=N–C) groups is 1. The second-order valence-electron chi connectivity index (χ2n) is 2.11. The summed E-state index contributed by atoms with van der Waals surface area (Å²) in [6, 6.07) is 0. The molecule has 0 aliphatic carbocycles. The van der Waals surface area contributed by atoms with Gasteiger partial charge >= 0.3 is 0 Å². The predicted octanol–water partition coefficient (Wildman–Crippen LogP) is 2.06. The minimum absolute atomic E-state index is 0.896. The second kappa shape index (κ2) is 4.79. The number of allylic oxidation sites excluding steroid dienone is 3. The Morgan fingerprint density at radius 2 is 2.10 bits per heavy atom. The minimum atomic E-state index is 0.896. The van der Waals surface area contributed by atoms with Gasteiger partial charge < -0.3 is 5.32 Å². The molecule has 0 heterocycles. The van der Waals surface area contributed by atoms with Crippen LogP contribution >= 0.6 is 0 Å². The van der Waals surface area contributed by atoms with Gasteiger partial charge in [-0.05, 0) is 20.8 Å². The molecular weight excluding hydrogens is 124 g/mol. The van der Waals surface area contributed by atoms with Crippen LogP contribution in [0.2, 0.25) is 0 Å². The highest BCUT2D eigenvalue weighted by molar-refractivity contribution is 5.58. The Labute approximate surface area is 62.4 Å². The van der Waals surface area contributed by atoms with E-state index in [1.807, 2.05) is 26.8 Å². The highest BCUT2D eigenvalue weighted by Crippen LogP contribution is 1.89. The fourth-order valence-corrected chi connectivity index (χ4v) is 0.319. The van der Waals surface area contributed by atoms with Crippen LogP contribution in [0.5, 0.6) is 0 Å². The molecule has 0 spiro atoms. The Balaban J connectivity index is 3.67. The maximum Gasteiger partial charge on any atom is 0.0923 e. The average Bonchev–Trinajstić information content (AvgIpc) is 1.87. The fourth-order valence-electron chi connectivity index (χ4n) is 0.319. The maximum atomic E-state index is 4.05. The van der Waals surface area contributed by atoms with Gasteiger partial charge in [-0.1, -0.05) is 12.7 Å². The highest BCUT2D eigenvalue weighted by Gasteiger charge is 1.77. The summed E-state index contributed by atoms with van der Waals surface area (Å²) in [7, 11) is 0. The van der Waals surface area contributed by atoms with Crippen LogP contribution in [0.1, 0.15) is 20.8 Å². The molecule has 0 aromatic rings. The van der Waals surface area contributed by atoms with Gasteiger partial charge in [0, 0.05) is 11.4 Å². The first-order valence-electron chi connectivity index (χ1n) is 3.24. The first-order valence-corrected chi connectivity index (χ1v) is 3.24. The molecule has 0 aliphatic heterocycles. The molecule has 0 rings (SSSR count). The summed E-state index contributed by atoms with van der Waals surface area (Å²) < 4.78 is 0. The zero-order chi connectivity index (χ0) is 7.98. The van der Waals surface area contributed by atoms with Gasteiger partial charge in [0.2, 0.25) is 0 Å². The van der Waals surface area contributed by atoms with Crippen LogP contribution in [0.25, 0.3) is 0 Å². The Morgan fingerprint density at radius 1 is 1.50 bits per heavy atom. The third-order valence-corrected chi connectivity index (χ3v) is 0.997. The summed E-state index contributed by atoms with van der Waals surface area (Å²) in [6.07, 6.45) is 3.58. The molecule has 0 aromatic carbocycles. The van der Waals surface area contributed by atoms with Crippen LogP contribution in [0.3, 0.4) is 0 Å². The standard InChI is InChI=1S/C8H14N2/c1-5-8(4)10-6-9-7(2)3/h5-6H,2H2,1,3-4H3,(H,9,10)/b8-5+. The van der Waals surface area contributed by atoms with E-state index in [0.29, 0.717) is 0 Å². The third-order valence-electron chi connectivity index (χ3n) is 0.997. The van der Waals surface area contributed by atoms with E-state index in [2.05, 4.69) is 16.9 Å². The predicted molar refractivity (Wildman–Crippen MR) is 45.9 cm³/mol. The van der Waals surface area contributed by atoms with Gasteiger partial charge in [0.1, 0.15) is 0 Å². The van der Waals surface area contributed by atoms with E-state index in [0.717, 1.165) is 11.4 Å². The van der Waals surface area contributed by atoms with Crippen molar-refractivity contribution >= 4 is 6.34 Å². The van der Waals surface area contributed by atoms with E-state index < -0.39 is 0 Å². The van der Waals surface area contributed by atoms with E-state index in [1.165, 1.54) is 0 Å². The Bertz CT molecular complexity index is 166. The zero-order valence-corrected chi connectivity index (χ0v) is 6.81. The number of nitrogens with zero attached hydrogens (tertiary/aromatic N) is 1. The largest absolute Gasteiger partial charge is 0.351 e. The van der Waals surface area contributed by atoms with Crippen molar-refractivity contribution < 1.29 is 0 Å². The molecule has 10 heavy (non-hydrogen) atoms. The lowest BCUT2D eigenvalue weighted by Gasteiger charge is -1.94. The van der Waals surface area contributed by atoms with Crippen LogP contribution in [-0.4, -0.2) is 6.34 Å². The molecular formula is C8H14N2. The normalized spacial score (nSPS) is 12.1. The van der Waals surface area contributed by atoms with Crippen molar-refractivity contribution in [3.8, 4) is 0 Å². The maximum absolute atomic E-state index is 4.05. The molecule has 0 saturated heterocycles. The molecule has 2 nitrogen and oxygen atoms in total. The molecule has 0 atom stereocenters. The van der Waals surface area contributed by atoms with Crippen LogP contribution < -0.4 is 5.32 Å². The smallest absolute Gasteiger partial charge is 0.0923 e. The highest BCUT2D eigenvalue weighted by atomic mass is 14.9. The van der Waals surface area contributed by atoms with Crippen LogP contribution in [0.4, 0.5) is 0 Å². The molecule has 0 amide bonds. The summed E-state index contributed by atoms with van der Waals surface area (Å²) >= 11 is 0. The Morgan fingerprint density at radius 3 is 2.50 bits per heavy atom. The summed E-state index contributed by atoms with van der Waals surface area (Å²) in [5, 5.41) is 2.88. The summed E-state index contributed by atoms with van der Waals surface area (Å²) in [5.41, 5.74) is 1.89. The van der Waals surface area contributed by atoms with Crippen LogP contribution in [0, 0.1) is 0 Å². The van der Waals surface area contributed by atoms with Gasteiger partial charge in [-0.25, -0.2) is 4.99 Å². The van der Waals surface area contributed by atoms with E-state index in [-0.39, 0.29) is 0 Å². The lowest BCUT2D eigenvalue weighted by Crippen LogP contribution is -2.05. The first kappa shape index (κ1) is 8.95. The number of hydrogen-bond donors (Lipinski definition) is 1. The van der Waals surface area contributed by atoms with E-state index >= 15 is 0 Å². The summed E-state index contributed by atoms with van der Waals surface area (Å²) in [4.78, 5) is 4.05. The van der Waals surface area contributed by atoms with Gasteiger partial charge in [-0.3, -0.25) is 0 Å². The van der Waals surface area contributed by atoms with Gasteiger partial charge in [-0.2, -0.15) is 0 Å². The monoisotopic (exact) mass is 138 g/mol. The minimum Gasteiger partial charge on any atom is -0.351 e. The third kappa shape index (κ3) is 5.09. The number of hydrogen-bond acceptors (Lipinski definition) is 1. The second-order valence-corrected chi connectivity index (χ2v) is 2.11. The zero-order valence-electron chi connectivity index (χ0n) is 6.81. The van der Waals surface area contributed by atoms with Crippen molar-refractivity contribution in [1.82, 2.24) is 5.32 Å². The molecule has 0 bridgehead atoms. The topological polar surface area (TPSA) is 24.4 Å².